The summed E-state index contributed by atoms with van der Waals surface area (Å²) >= 11 is 0. The first-order valence-corrected chi connectivity index (χ1v) is 9.00. The molecule has 1 heterocycles. The molecule has 0 aliphatic heterocycles. The van der Waals surface area contributed by atoms with E-state index in [0.29, 0.717) is 25.5 Å². The topological polar surface area (TPSA) is 87.6 Å². The van der Waals surface area contributed by atoms with E-state index in [1.165, 1.54) is 0 Å². The van der Waals surface area contributed by atoms with Gasteiger partial charge >= 0.3 is 0 Å². The Hall–Kier alpha value is -1.58. The zero-order chi connectivity index (χ0) is 18.1. The van der Waals surface area contributed by atoms with Crippen LogP contribution in [0.4, 0.5) is 0 Å². The third-order valence-electron chi connectivity index (χ3n) is 3.58. The molecule has 3 N–H and O–H groups in total. The standard InChI is InChI=1S/C18H29N5O2.HI/c1-4-19-18(21-10-9-20-17(24)15-6-7-15)23-12-14-5-8-16(22-11-14)25-13(2)3;/h5,8,11,13,15H,4,6-7,9-10,12H2,1-3H3,(H,20,24)(H2,19,21,23);1H. The Morgan fingerprint density at radius 3 is 2.58 bits per heavy atom. The van der Waals surface area contributed by atoms with Crippen LogP contribution in [0.25, 0.3) is 0 Å². The first-order chi connectivity index (χ1) is 12.1. The zero-order valence-corrected chi connectivity index (χ0v) is 18.1. The normalized spacial score (nSPS) is 13.8. The Morgan fingerprint density at radius 2 is 2.00 bits per heavy atom. The fraction of sp³-hybridized carbons (Fsp3) is 0.611. The summed E-state index contributed by atoms with van der Waals surface area (Å²) < 4.78 is 5.53. The molecule has 1 aliphatic carbocycles. The zero-order valence-electron chi connectivity index (χ0n) is 15.7. The van der Waals surface area contributed by atoms with Crippen LogP contribution in [-0.2, 0) is 11.3 Å². The molecule has 146 valence electrons. The lowest BCUT2D eigenvalue weighted by molar-refractivity contribution is -0.122. The van der Waals surface area contributed by atoms with Crippen molar-refractivity contribution in [3.63, 3.8) is 0 Å². The van der Waals surface area contributed by atoms with Gasteiger partial charge in [0.15, 0.2) is 5.96 Å². The van der Waals surface area contributed by atoms with Crippen LogP contribution in [0.2, 0.25) is 0 Å². The summed E-state index contributed by atoms with van der Waals surface area (Å²) in [6, 6.07) is 3.83. The van der Waals surface area contributed by atoms with Crippen LogP contribution >= 0.6 is 24.0 Å². The lowest BCUT2D eigenvalue weighted by Gasteiger charge is -2.12. The maximum atomic E-state index is 11.6. The molecule has 2 rings (SSSR count). The molecule has 1 saturated carbocycles. The van der Waals surface area contributed by atoms with Crippen LogP contribution in [0.3, 0.4) is 0 Å². The number of carbonyl (C=O) groups excluding carboxylic acids is 1. The molecule has 0 unspecified atom stereocenters. The third-order valence-corrected chi connectivity index (χ3v) is 3.58. The summed E-state index contributed by atoms with van der Waals surface area (Å²) in [5.74, 6) is 1.76. The van der Waals surface area contributed by atoms with Crippen molar-refractivity contribution in [3.05, 3.63) is 23.9 Å². The van der Waals surface area contributed by atoms with Crippen molar-refractivity contribution in [1.82, 2.24) is 20.9 Å². The Bertz CT molecular complexity index is 573. The second-order valence-electron chi connectivity index (χ2n) is 6.36. The summed E-state index contributed by atoms with van der Waals surface area (Å²) in [7, 11) is 0. The minimum absolute atomic E-state index is 0. The number of hydrogen-bond acceptors (Lipinski definition) is 4. The van der Waals surface area contributed by atoms with Crippen LogP contribution in [-0.4, -0.2) is 42.6 Å². The van der Waals surface area contributed by atoms with Crippen molar-refractivity contribution < 1.29 is 9.53 Å². The average molecular weight is 475 g/mol. The Balaban J connectivity index is 0.00000338. The first-order valence-electron chi connectivity index (χ1n) is 9.00. The number of guanidine groups is 1. The molecule has 1 aromatic heterocycles. The number of rotatable bonds is 9. The van der Waals surface area contributed by atoms with E-state index < -0.39 is 0 Å². The smallest absolute Gasteiger partial charge is 0.223 e. The van der Waals surface area contributed by atoms with Gasteiger partial charge in [0.2, 0.25) is 11.8 Å². The lowest BCUT2D eigenvalue weighted by atomic mass is 10.3. The Morgan fingerprint density at radius 1 is 1.27 bits per heavy atom. The van der Waals surface area contributed by atoms with E-state index in [9.17, 15) is 4.79 Å². The highest BCUT2D eigenvalue weighted by Gasteiger charge is 2.28. The highest BCUT2D eigenvalue weighted by atomic mass is 127. The van der Waals surface area contributed by atoms with Crippen molar-refractivity contribution in [3.8, 4) is 5.88 Å². The Kier molecular flexibility index (Phi) is 10.3. The number of aliphatic imine (C=N–C) groups is 1. The van der Waals surface area contributed by atoms with Gasteiger partial charge in [-0.15, -0.1) is 24.0 Å². The number of hydrogen-bond donors (Lipinski definition) is 3. The van der Waals surface area contributed by atoms with Crippen LogP contribution < -0.4 is 20.7 Å². The van der Waals surface area contributed by atoms with Crippen LogP contribution in [0.1, 0.15) is 39.2 Å². The highest BCUT2D eigenvalue weighted by molar-refractivity contribution is 14.0. The minimum atomic E-state index is 0. The monoisotopic (exact) mass is 475 g/mol. The summed E-state index contributed by atoms with van der Waals surface area (Å²) in [4.78, 5) is 20.4. The molecule has 7 nitrogen and oxygen atoms in total. The van der Waals surface area contributed by atoms with E-state index in [2.05, 4.69) is 25.9 Å². The molecule has 1 fully saturated rings. The van der Waals surface area contributed by atoms with Gasteiger partial charge in [-0.25, -0.2) is 9.98 Å². The van der Waals surface area contributed by atoms with E-state index in [-0.39, 0.29) is 41.9 Å². The molecule has 0 atom stereocenters. The molecule has 1 amide bonds. The summed E-state index contributed by atoms with van der Waals surface area (Å²) in [5.41, 5.74) is 1.01. The maximum absolute atomic E-state index is 11.6. The number of pyridine rings is 1. The van der Waals surface area contributed by atoms with Crippen molar-refractivity contribution >= 4 is 35.8 Å². The predicted octanol–water partition coefficient (Wildman–Crippen LogP) is 2.07. The van der Waals surface area contributed by atoms with Gasteiger partial charge in [-0.3, -0.25) is 4.79 Å². The lowest BCUT2D eigenvalue weighted by Crippen LogP contribution is -2.41. The van der Waals surface area contributed by atoms with Crippen molar-refractivity contribution in [2.75, 3.05) is 19.6 Å². The number of amides is 1. The molecule has 1 aliphatic rings. The number of halogens is 1. The average Bonchev–Trinajstić information content (AvgIpc) is 3.42. The predicted molar refractivity (Wildman–Crippen MR) is 114 cm³/mol. The molecular weight excluding hydrogens is 445 g/mol. The second kappa shape index (κ2) is 11.9. The molecule has 0 spiro atoms. The molecule has 26 heavy (non-hydrogen) atoms. The number of carbonyl (C=O) groups is 1. The van der Waals surface area contributed by atoms with Gasteiger partial charge in [0.05, 0.1) is 12.6 Å². The molecule has 1 aromatic rings. The van der Waals surface area contributed by atoms with Gasteiger partial charge in [0.25, 0.3) is 0 Å². The number of nitrogens with zero attached hydrogens (tertiary/aromatic N) is 2. The molecule has 0 radical (unpaired) electrons. The van der Waals surface area contributed by atoms with Gasteiger partial charge in [-0.2, -0.15) is 0 Å². The van der Waals surface area contributed by atoms with Gasteiger partial charge in [-0.1, -0.05) is 6.07 Å². The fourth-order valence-corrected chi connectivity index (χ4v) is 2.18. The van der Waals surface area contributed by atoms with Gasteiger partial charge in [0, 0.05) is 37.8 Å². The SMILES string of the molecule is CCNC(=NCc1ccc(OC(C)C)nc1)NCCNC(=O)C1CC1.I. The van der Waals surface area contributed by atoms with E-state index >= 15 is 0 Å². The fourth-order valence-electron chi connectivity index (χ4n) is 2.18. The number of ether oxygens (including phenoxy) is 1. The molecular formula is C18H30IN5O2. The number of nitrogens with one attached hydrogen (secondary N) is 3. The van der Waals surface area contributed by atoms with E-state index in [1.807, 2.05) is 32.9 Å². The van der Waals surface area contributed by atoms with Crippen molar-refractivity contribution in [1.29, 1.82) is 0 Å². The van der Waals surface area contributed by atoms with E-state index in [4.69, 9.17) is 4.74 Å². The molecule has 0 saturated heterocycles. The quantitative estimate of drug-likeness (QED) is 0.220. The molecule has 0 bridgehead atoms. The summed E-state index contributed by atoms with van der Waals surface area (Å²) in [5, 5.41) is 9.35. The first kappa shape index (κ1) is 22.5. The van der Waals surface area contributed by atoms with Crippen molar-refractivity contribution in [2.45, 2.75) is 46.3 Å². The molecule has 8 heteroatoms. The van der Waals surface area contributed by atoms with E-state index in [0.717, 1.165) is 30.9 Å². The molecule has 0 aromatic carbocycles. The van der Waals surface area contributed by atoms with Gasteiger partial charge in [-0.05, 0) is 39.2 Å². The largest absolute Gasteiger partial charge is 0.475 e. The van der Waals surface area contributed by atoms with Gasteiger partial charge < -0.3 is 20.7 Å². The van der Waals surface area contributed by atoms with Crippen LogP contribution in [0.15, 0.2) is 23.3 Å². The second-order valence-corrected chi connectivity index (χ2v) is 6.36. The summed E-state index contributed by atoms with van der Waals surface area (Å²) in [6.07, 6.45) is 3.94. The maximum Gasteiger partial charge on any atom is 0.223 e. The van der Waals surface area contributed by atoms with Crippen LogP contribution in [0, 0.1) is 5.92 Å². The third kappa shape index (κ3) is 8.68. The van der Waals surface area contributed by atoms with Crippen molar-refractivity contribution in [2.24, 2.45) is 10.9 Å². The van der Waals surface area contributed by atoms with E-state index in [1.54, 1.807) is 6.20 Å². The summed E-state index contributed by atoms with van der Waals surface area (Å²) in [6.45, 7) is 8.51. The number of aromatic nitrogens is 1. The van der Waals surface area contributed by atoms with Crippen LogP contribution in [0.5, 0.6) is 5.88 Å². The highest BCUT2D eigenvalue weighted by Crippen LogP contribution is 2.28. The van der Waals surface area contributed by atoms with Gasteiger partial charge in [0.1, 0.15) is 0 Å². The minimum Gasteiger partial charge on any atom is -0.475 e. The Labute approximate surface area is 172 Å².